The van der Waals surface area contributed by atoms with Crippen molar-refractivity contribution in [2.24, 2.45) is 11.8 Å². The number of hydrogen-bond acceptors (Lipinski definition) is 1. The Labute approximate surface area is 95.2 Å². The quantitative estimate of drug-likeness (QED) is 0.700. The van der Waals surface area contributed by atoms with E-state index >= 15 is 0 Å². The van der Waals surface area contributed by atoms with Crippen molar-refractivity contribution in [1.82, 2.24) is 4.90 Å². The zero-order chi connectivity index (χ0) is 10.7. The monoisotopic (exact) mass is 261 g/mol. The van der Waals surface area contributed by atoms with Gasteiger partial charge in [-0.2, -0.15) is 0 Å². The SMILES string of the molecule is CC(C)CC(=O)N1CCC(C)C(Br)C1. The number of alkyl halides is 1. The molecule has 14 heavy (non-hydrogen) atoms. The first-order valence-corrected chi connectivity index (χ1v) is 6.34. The van der Waals surface area contributed by atoms with Crippen LogP contribution in [0.15, 0.2) is 0 Å². The summed E-state index contributed by atoms with van der Waals surface area (Å²) < 4.78 is 0. The van der Waals surface area contributed by atoms with Gasteiger partial charge in [0.05, 0.1) is 0 Å². The van der Waals surface area contributed by atoms with E-state index in [1.54, 1.807) is 0 Å². The third-order valence-corrected chi connectivity index (χ3v) is 3.99. The summed E-state index contributed by atoms with van der Waals surface area (Å²) in [7, 11) is 0. The molecule has 2 nitrogen and oxygen atoms in total. The molecule has 0 radical (unpaired) electrons. The number of carbonyl (C=O) groups is 1. The fourth-order valence-corrected chi connectivity index (χ4v) is 2.34. The summed E-state index contributed by atoms with van der Waals surface area (Å²) in [5.74, 6) is 1.48. The first-order chi connectivity index (χ1) is 6.50. The van der Waals surface area contributed by atoms with E-state index < -0.39 is 0 Å². The van der Waals surface area contributed by atoms with Crippen LogP contribution in [0.25, 0.3) is 0 Å². The van der Waals surface area contributed by atoms with Crippen LogP contribution in [0.2, 0.25) is 0 Å². The Morgan fingerprint density at radius 2 is 2.21 bits per heavy atom. The molecule has 0 saturated carbocycles. The minimum atomic E-state index is 0.316. The van der Waals surface area contributed by atoms with Gasteiger partial charge in [0.15, 0.2) is 0 Å². The number of amides is 1. The summed E-state index contributed by atoms with van der Waals surface area (Å²) in [6.07, 6.45) is 1.81. The molecule has 2 unspecified atom stereocenters. The maximum atomic E-state index is 11.8. The molecule has 0 aromatic heterocycles. The molecule has 1 aliphatic rings. The molecule has 1 fully saturated rings. The second kappa shape index (κ2) is 5.15. The Balaban J connectivity index is 2.42. The topological polar surface area (TPSA) is 20.3 Å². The Kier molecular flexibility index (Phi) is 4.42. The summed E-state index contributed by atoms with van der Waals surface area (Å²) >= 11 is 3.63. The number of carbonyl (C=O) groups excluding carboxylic acids is 1. The summed E-state index contributed by atoms with van der Waals surface area (Å²) in [6, 6.07) is 0. The van der Waals surface area contributed by atoms with Crippen molar-refractivity contribution in [2.75, 3.05) is 13.1 Å². The highest BCUT2D eigenvalue weighted by atomic mass is 79.9. The second-order valence-corrected chi connectivity index (χ2v) is 5.90. The third-order valence-electron chi connectivity index (χ3n) is 2.80. The molecule has 2 atom stereocenters. The molecule has 1 heterocycles. The summed E-state index contributed by atoms with van der Waals surface area (Å²) in [5.41, 5.74) is 0. The fourth-order valence-electron chi connectivity index (χ4n) is 1.73. The van der Waals surface area contributed by atoms with Gasteiger partial charge >= 0.3 is 0 Å². The molecule has 0 aromatic carbocycles. The van der Waals surface area contributed by atoms with E-state index in [4.69, 9.17) is 0 Å². The van der Waals surface area contributed by atoms with E-state index in [2.05, 4.69) is 36.7 Å². The number of halogens is 1. The number of hydrogen-bond donors (Lipinski definition) is 0. The second-order valence-electron chi connectivity index (χ2n) is 4.72. The van der Waals surface area contributed by atoms with E-state index in [-0.39, 0.29) is 0 Å². The summed E-state index contributed by atoms with van der Waals surface area (Å²) in [5, 5.41) is 0. The van der Waals surface area contributed by atoms with Crippen molar-refractivity contribution in [1.29, 1.82) is 0 Å². The van der Waals surface area contributed by atoms with Gasteiger partial charge in [-0.15, -0.1) is 0 Å². The van der Waals surface area contributed by atoms with Crippen LogP contribution in [0.1, 0.15) is 33.6 Å². The van der Waals surface area contributed by atoms with Crippen LogP contribution in [-0.2, 0) is 4.79 Å². The van der Waals surface area contributed by atoms with Crippen molar-refractivity contribution in [3.8, 4) is 0 Å². The number of likely N-dealkylation sites (tertiary alicyclic amines) is 1. The third kappa shape index (κ3) is 3.26. The van der Waals surface area contributed by atoms with Gasteiger partial charge in [0.25, 0.3) is 0 Å². The molecule has 82 valence electrons. The number of rotatable bonds is 2. The van der Waals surface area contributed by atoms with Crippen LogP contribution in [0, 0.1) is 11.8 Å². The van der Waals surface area contributed by atoms with Gasteiger partial charge in [-0.25, -0.2) is 0 Å². The maximum Gasteiger partial charge on any atom is 0.222 e. The molecule has 1 amide bonds. The lowest BCUT2D eigenvalue weighted by Crippen LogP contribution is -2.43. The molecule has 0 bridgehead atoms. The van der Waals surface area contributed by atoms with Crippen molar-refractivity contribution < 1.29 is 4.79 Å². The van der Waals surface area contributed by atoms with E-state index in [9.17, 15) is 4.79 Å². The van der Waals surface area contributed by atoms with E-state index in [0.29, 0.717) is 29.0 Å². The predicted molar refractivity (Wildman–Crippen MR) is 62.5 cm³/mol. The lowest BCUT2D eigenvalue weighted by molar-refractivity contribution is -0.133. The molecule has 1 saturated heterocycles. The molecule has 0 spiro atoms. The average molecular weight is 262 g/mol. The Morgan fingerprint density at radius 3 is 2.71 bits per heavy atom. The number of nitrogens with zero attached hydrogens (tertiary/aromatic N) is 1. The van der Waals surface area contributed by atoms with E-state index in [0.717, 1.165) is 19.5 Å². The fraction of sp³-hybridized carbons (Fsp3) is 0.909. The molecule has 1 rings (SSSR count). The first kappa shape index (κ1) is 12.0. The lowest BCUT2D eigenvalue weighted by Gasteiger charge is -2.34. The van der Waals surface area contributed by atoms with Crippen molar-refractivity contribution in [3.63, 3.8) is 0 Å². The van der Waals surface area contributed by atoms with Crippen LogP contribution in [0.4, 0.5) is 0 Å². The Hall–Kier alpha value is -0.0500. The van der Waals surface area contributed by atoms with Crippen molar-refractivity contribution >= 4 is 21.8 Å². The zero-order valence-corrected chi connectivity index (χ0v) is 10.9. The molecular weight excluding hydrogens is 242 g/mol. The van der Waals surface area contributed by atoms with Gasteiger partial charge in [0.1, 0.15) is 0 Å². The van der Waals surface area contributed by atoms with E-state index in [1.165, 1.54) is 0 Å². The molecule has 0 aromatic rings. The first-order valence-electron chi connectivity index (χ1n) is 5.42. The maximum absolute atomic E-state index is 11.8. The molecule has 1 aliphatic heterocycles. The van der Waals surface area contributed by atoms with Gasteiger partial charge in [0.2, 0.25) is 5.91 Å². The van der Waals surface area contributed by atoms with Gasteiger partial charge in [-0.3, -0.25) is 4.79 Å². The number of piperidine rings is 1. The van der Waals surface area contributed by atoms with E-state index in [1.807, 2.05) is 4.90 Å². The average Bonchev–Trinajstić information content (AvgIpc) is 2.08. The van der Waals surface area contributed by atoms with Crippen molar-refractivity contribution in [3.05, 3.63) is 0 Å². The van der Waals surface area contributed by atoms with Crippen LogP contribution in [0.3, 0.4) is 0 Å². The highest BCUT2D eigenvalue weighted by Crippen LogP contribution is 2.24. The highest BCUT2D eigenvalue weighted by molar-refractivity contribution is 9.09. The normalized spacial score (nSPS) is 28.2. The largest absolute Gasteiger partial charge is 0.342 e. The smallest absolute Gasteiger partial charge is 0.222 e. The summed E-state index contributed by atoms with van der Waals surface area (Å²) in [4.78, 5) is 14.2. The minimum Gasteiger partial charge on any atom is -0.342 e. The van der Waals surface area contributed by atoms with Crippen LogP contribution < -0.4 is 0 Å². The van der Waals surface area contributed by atoms with Gasteiger partial charge < -0.3 is 4.90 Å². The lowest BCUT2D eigenvalue weighted by atomic mass is 9.98. The standard InChI is InChI=1S/C11H20BrNO/c1-8(2)6-11(14)13-5-4-9(3)10(12)7-13/h8-10H,4-7H2,1-3H3. The van der Waals surface area contributed by atoms with Crippen LogP contribution in [-0.4, -0.2) is 28.7 Å². The Bertz CT molecular complexity index is 205. The van der Waals surface area contributed by atoms with Gasteiger partial charge in [-0.1, -0.05) is 36.7 Å². The van der Waals surface area contributed by atoms with Gasteiger partial charge in [0, 0.05) is 24.3 Å². The van der Waals surface area contributed by atoms with Crippen molar-refractivity contribution in [2.45, 2.75) is 38.4 Å². The highest BCUT2D eigenvalue weighted by Gasteiger charge is 2.26. The summed E-state index contributed by atoms with van der Waals surface area (Å²) in [6.45, 7) is 8.25. The Morgan fingerprint density at radius 1 is 1.57 bits per heavy atom. The molecule has 0 N–H and O–H groups in total. The molecule has 3 heteroatoms. The predicted octanol–water partition coefficient (Wildman–Crippen LogP) is 2.66. The molecular formula is C11H20BrNO. The van der Waals surface area contributed by atoms with Gasteiger partial charge in [-0.05, 0) is 18.3 Å². The van der Waals surface area contributed by atoms with Crippen LogP contribution in [0.5, 0.6) is 0 Å². The zero-order valence-electron chi connectivity index (χ0n) is 9.29. The van der Waals surface area contributed by atoms with Crippen LogP contribution >= 0.6 is 15.9 Å². The molecule has 0 aliphatic carbocycles. The minimum absolute atomic E-state index is 0.316.